The molecule has 0 heterocycles. The predicted octanol–water partition coefficient (Wildman–Crippen LogP) is 1.49. The number of phenols is 1. The Bertz CT molecular complexity index is 421. The van der Waals surface area contributed by atoms with Gasteiger partial charge in [-0.25, -0.2) is 0 Å². The summed E-state index contributed by atoms with van der Waals surface area (Å²) in [5.74, 6) is 0.616. The molecule has 0 bridgehead atoms. The summed E-state index contributed by atoms with van der Waals surface area (Å²) in [5.41, 5.74) is 6.32. The van der Waals surface area contributed by atoms with Gasteiger partial charge in [-0.15, -0.1) is 0 Å². The van der Waals surface area contributed by atoms with Crippen LogP contribution < -0.4 is 10.5 Å². The monoisotopic (exact) mass is 266 g/mol. The van der Waals surface area contributed by atoms with E-state index in [1.807, 2.05) is 0 Å². The smallest absolute Gasteiger partial charge is 0.222 e. The fraction of sp³-hybridized carbons (Fsp3) is 0.500. The number of carbonyl (C=O) groups excluding carboxylic acids is 1. The highest BCUT2D eigenvalue weighted by molar-refractivity contribution is 5.75. The molecule has 0 aliphatic carbocycles. The molecule has 0 spiro atoms. The lowest BCUT2D eigenvalue weighted by Crippen LogP contribution is -2.26. The molecule has 0 radical (unpaired) electrons. The van der Waals surface area contributed by atoms with Crippen molar-refractivity contribution in [1.82, 2.24) is 4.90 Å². The summed E-state index contributed by atoms with van der Waals surface area (Å²) < 4.78 is 5.04. The van der Waals surface area contributed by atoms with Crippen molar-refractivity contribution >= 4 is 5.91 Å². The highest BCUT2D eigenvalue weighted by Gasteiger charge is 2.10. The molecule has 0 unspecified atom stereocenters. The number of amides is 1. The number of aromatic hydroxyl groups is 1. The number of nitrogens with zero attached hydrogens (tertiary/aromatic N) is 1. The van der Waals surface area contributed by atoms with Crippen LogP contribution in [0.3, 0.4) is 0 Å². The van der Waals surface area contributed by atoms with E-state index in [1.165, 1.54) is 7.11 Å². The van der Waals surface area contributed by atoms with Crippen LogP contribution in [0.25, 0.3) is 0 Å². The molecule has 3 N–H and O–H groups in total. The van der Waals surface area contributed by atoms with Gasteiger partial charge in [0.15, 0.2) is 11.5 Å². The molecule has 19 heavy (non-hydrogen) atoms. The van der Waals surface area contributed by atoms with Crippen LogP contribution in [-0.2, 0) is 11.3 Å². The third kappa shape index (κ3) is 4.79. The average Bonchev–Trinajstić information content (AvgIpc) is 2.41. The zero-order chi connectivity index (χ0) is 14.3. The molecule has 0 aliphatic rings. The molecular weight excluding hydrogens is 244 g/mol. The van der Waals surface area contributed by atoms with E-state index in [0.717, 1.165) is 18.4 Å². The maximum atomic E-state index is 11.8. The first-order valence-electron chi connectivity index (χ1n) is 6.38. The quantitative estimate of drug-likeness (QED) is 0.733. The lowest BCUT2D eigenvalue weighted by molar-refractivity contribution is -0.130. The van der Waals surface area contributed by atoms with Crippen LogP contribution in [0.15, 0.2) is 18.2 Å². The lowest BCUT2D eigenvalue weighted by Gasteiger charge is -2.18. The van der Waals surface area contributed by atoms with Gasteiger partial charge >= 0.3 is 0 Å². The Kier molecular flexibility index (Phi) is 6.15. The fourth-order valence-electron chi connectivity index (χ4n) is 1.79. The van der Waals surface area contributed by atoms with Crippen LogP contribution in [0, 0.1) is 0 Å². The topological polar surface area (TPSA) is 75.8 Å². The van der Waals surface area contributed by atoms with Gasteiger partial charge in [0.25, 0.3) is 0 Å². The first-order chi connectivity index (χ1) is 9.08. The van der Waals surface area contributed by atoms with Crippen molar-refractivity contribution in [2.24, 2.45) is 5.73 Å². The third-order valence-corrected chi connectivity index (χ3v) is 2.93. The van der Waals surface area contributed by atoms with Crippen molar-refractivity contribution in [3.63, 3.8) is 0 Å². The second-order valence-corrected chi connectivity index (χ2v) is 4.50. The van der Waals surface area contributed by atoms with E-state index in [2.05, 4.69) is 0 Å². The standard InChI is InChI=1S/C14H22N2O3/c1-16(14(18)5-3-4-8-15)10-11-6-7-12(17)13(9-11)19-2/h6-7,9,17H,3-5,8,10,15H2,1-2H3. The molecular formula is C14H22N2O3. The molecule has 5 heteroatoms. The Morgan fingerprint density at radius 2 is 2.16 bits per heavy atom. The van der Waals surface area contributed by atoms with Gasteiger partial charge in [-0.05, 0) is 37.1 Å². The van der Waals surface area contributed by atoms with E-state index >= 15 is 0 Å². The van der Waals surface area contributed by atoms with E-state index < -0.39 is 0 Å². The lowest BCUT2D eigenvalue weighted by atomic mass is 10.1. The SMILES string of the molecule is COc1cc(CN(C)C(=O)CCCCN)ccc1O. The van der Waals surface area contributed by atoms with Gasteiger partial charge in [-0.2, -0.15) is 0 Å². The summed E-state index contributed by atoms with van der Waals surface area (Å²) in [7, 11) is 3.27. The van der Waals surface area contributed by atoms with Crippen LogP contribution in [0.4, 0.5) is 0 Å². The number of nitrogens with two attached hydrogens (primary N) is 1. The molecule has 1 aromatic carbocycles. The van der Waals surface area contributed by atoms with Crippen molar-refractivity contribution in [2.45, 2.75) is 25.8 Å². The molecule has 0 atom stereocenters. The van der Waals surface area contributed by atoms with Crippen LogP contribution in [0.5, 0.6) is 11.5 Å². The Morgan fingerprint density at radius 3 is 2.79 bits per heavy atom. The molecule has 0 aromatic heterocycles. The zero-order valence-corrected chi connectivity index (χ0v) is 11.6. The molecule has 106 valence electrons. The van der Waals surface area contributed by atoms with Crippen molar-refractivity contribution < 1.29 is 14.6 Å². The first kappa shape index (κ1) is 15.3. The number of hydrogen-bond donors (Lipinski definition) is 2. The summed E-state index contributed by atoms with van der Waals surface area (Å²) >= 11 is 0. The molecule has 5 nitrogen and oxygen atoms in total. The Balaban J connectivity index is 2.56. The van der Waals surface area contributed by atoms with Gasteiger partial charge in [0, 0.05) is 20.0 Å². The first-order valence-corrected chi connectivity index (χ1v) is 6.38. The fourth-order valence-corrected chi connectivity index (χ4v) is 1.79. The Labute approximate surface area is 114 Å². The van der Waals surface area contributed by atoms with E-state index in [-0.39, 0.29) is 11.7 Å². The van der Waals surface area contributed by atoms with Crippen molar-refractivity contribution in [3.05, 3.63) is 23.8 Å². The minimum atomic E-state index is 0.0977. The highest BCUT2D eigenvalue weighted by atomic mass is 16.5. The zero-order valence-electron chi connectivity index (χ0n) is 11.6. The Hall–Kier alpha value is -1.75. The number of phenolic OH excluding ortho intramolecular Hbond substituents is 1. The number of rotatable bonds is 7. The summed E-state index contributed by atoms with van der Waals surface area (Å²) in [6, 6.07) is 5.08. The molecule has 1 aromatic rings. The number of benzene rings is 1. The average molecular weight is 266 g/mol. The minimum Gasteiger partial charge on any atom is -0.504 e. The molecule has 0 saturated heterocycles. The summed E-state index contributed by atoms with van der Waals surface area (Å²) in [5, 5.41) is 9.50. The predicted molar refractivity (Wildman–Crippen MR) is 74.0 cm³/mol. The molecule has 0 fully saturated rings. The third-order valence-electron chi connectivity index (χ3n) is 2.93. The van der Waals surface area contributed by atoms with Gasteiger partial charge in [0.05, 0.1) is 7.11 Å². The minimum absolute atomic E-state index is 0.0977. The number of ether oxygens (including phenoxy) is 1. The van der Waals surface area contributed by atoms with Crippen molar-refractivity contribution in [1.29, 1.82) is 0 Å². The van der Waals surface area contributed by atoms with Crippen LogP contribution in [0.1, 0.15) is 24.8 Å². The highest BCUT2D eigenvalue weighted by Crippen LogP contribution is 2.26. The molecule has 0 saturated carbocycles. The largest absolute Gasteiger partial charge is 0.504 e. The second kappa shape index (κ2) is 7.63. The van der Waals surface area contributed by atoms with E-state index in [1.54, 1.807) is 30.1 Å². The van der Waals surface area contributed by atoms with Gasteiger partial charge in [0.1, 0.15) is 0 Å². The number of methoxy groups -OCH3 is 1. The van der Waals surface area contributed by atoms with E-state index in [9.17, 15) is 9.90 Å². The van der Waals surface area contributed by atoms with Gasteiger partial charge in [0.2, 0.25) is 5.91 Å². The van der Waals surface area contributed by atoms with Crippen LogP contribution >= 0.6 is 0 Å². The van der Waals surface area contributed by atoms with Crippen molar-refractivity contribution in [2.75, 3.05) is 20.7 Å². The molecule has 1 rings (SSSR count). The number of hydrogen-bond acceptors (Lipinski definition) is 4. The summed E-state index contributed by atoms with van der Waals surface area (Å²) in [6.45, 7) is 1.12. The maximum absolute atomic E-state index is 11.8. The second-order valence-electron chi connectivity index (χ2n) is 4.50. The van der Waals surface area contributed by atoms with Crippen LogP contribution in [0.2, 0.25) is 0 Å². The summed E-state index contributed by atoms with van der Waals surface area (Å²) in [6.07, 6.45) is 2.20. The number of carbonyl (C=O) groups is 1. The molecule has 1 amide bonds. The van der Waals surface area contributed by atoms with E-state index in [0.29, 0.717) is 25.3 Å². The van der Waals surface area contributed by atoms with Gasteiger partial charge < -0.3 is 20.5 Å². The van der Waals surface area contributed by atoms with Gasteiger partial charge in [-0.3, -0.25) is 4.79 Å². The van der Waals surface area contributed by atoms with E-state index in [4.69, 9.17) is 10.5 Å². The maximum Gasteiger partial charge on any atom is 0.222 e. The molecule has 0 aliphatic heterocycles. The number of unbranched alkanes of at least 4 members (excludes halogenated alkanes) is 1. The Morgan fingerprint density at radius 1 is 1.42 bits per heavy atom. The normalized spacial score (nSPS) is 10.3. The summed E-state index contributed by atoms with van der Waals surface area (Å²) in [4.78, 5) is 13.5. The van der Waals surface area contributed by atoms with Crippen molar-refractivity contribution in [3.8, 4) is 11.5 Å². The van der Waals surface area contributed by atoms with Gasteiger partial charge in [-0.1, -0.05) is 6.07 Å². The van der Waals surface area contributed by atoms with Crippen LogP contribution in [-0.4, -0.2) is 36.6 Å².